The summed E-state index contributed by atoms with van der Waals surface area (Å²) in [4.78, 5) is 1.22. The van der Waals surface area contributed by atoms with Gasteiger partial charge in [0.15, 0.2) is 17.3 Å². The zero-order valence-electron chi connectivity index (χ0n) is 43.1. The van der Waals surface area contributed by atoms with E-state index in [1.54, 1.807) is 36.4 Å². The smallest absolute Gasteiger partial charge is 0.490 e. The molecule has 0 spiro atoms. The average molecular weight is 1130 g/mol. The number of hydrogen-bond donors (Lipinski definition) is 4. The van der Waals surface area contributed by atoms with Crippen LogP contribution in [0.1, 0.15) is 109 Å². The molecule has 6 rings (SSSR count). The molecule has 1 aliphatic carbocycles. The first-order chi connectivity index (χ1) is 32.1. The van der Waals surface area contributed by atoms with Crippen LogP contribution in [0.15, 0.2) is 99.5 Å². The van der Waals surface area contributed by atoms with Gasteiger partial charge in [0.2, 0.25) is 5.69 Å². The number of unbranched alkanes of at least 4 members (excludes halogenated alkanes) is 3. The molecule has 0 aromatic heterocycles. The van der Waals surface area contributed by atoms with Crippen molar-refractivity contribution in [2.45, 2.75) is 113 Å². The van der Waals surface area contributed by atoms with Crippen molar-refractivity contribution in [2.75, 3.05) is 36.1 Å². The third kappa shape index (κ3) is 16.7. The quantitative estimate of drug-likeness (QED) is 0.0387. The summed E-state index contributed by atoms with van der Waals surface area (Å²) in [5, 5.41) is 0. The minimum Gasteiger partial charge on any atom is -0.490 e. The molecule has 0 unspecified atom stereocenters. The Kier molecular flexibility index (Phi) is 25.8. The second-order valence-electron chi connectivity index (χ2n) is 18.5. The van der Waals surface area contributed by atoms with Crippen LogP contribution in [-0.2, 0) is 51.3 Å². The summed E-state index contributed by atoms with van der Waals surface area (Å²) in [6, 6.07) is 10.7. The molecule has 376 valence electrons. The van der Waals surface area contributed by atoms with Crippen molar-refractivity contribution in [3.63, 3.8) is 0 Å². The Hall–Kier alpha value is -0.610. The molecule has 25 heteroatoms. The van der Waals surface area contributed by atoms with E-state index in [1.807, 2.05) is 44.1 Å². The summed E-state index contributed by atoms with van der Waals surface area (Å²) in [6.45, 7) is 9.97. The molecular weight excluding hydrogens is 1070 g/mol. The van der Waals surface area contributed by atoms with Crippen LogP contribution in [0.25, 0.3) is 5.57 Å². The minimum absolute atomic E-state index is 0. The summed E-state index contributed by atoms with van der Waals surface area (Å²) in [5.74, 6) is -2.89. The number of nitrogens with zero attached hydrogens (tertiary/aromatic N) is 2. The molecule has 4 N–H and O–H groups in total. The summed E-state index contributed by atoms with van der Waals surface area (Å²) >= 11 is 0. The Morgan fingerprint density at radius 1 is 0.699 bits per heavy atom. The summed E-state index contributed by atoms with van der Waals surface area (Å²) in [7, 11) is -17.7. The molecule has 0 fully saturated rings. The molecule has 2 heterocycles. The molecule has 0 radical (unpaired) electrons. The van der Waals surface area contributed by atoms with Gasteiger partial charge >= 0.3 is 118 Å². The molecule has 73 heavy (non-hydrogen) atoms. The maximum Gasteiger partial charge on any atom is 1.00 e. The van der Waals surface area contributed by atoms with Gasteiger partial charge in [0.05, 0.1) is 38.9 Å². The molecule has 2 aliphatic heterocycles. The van der Waals surface area contributed by atoms with E-state index in [1.165, 1.54) is 30.3 Å². The van der Waals surface area contributed by atoms with Crippen molar-refractivity contribution in [2.24, 2.45) is 0 Å². The van der Waals surface area contributed by atoms with Gasteiger partial charge < -0.3 is 9.64 Å². The first kappa shape index (κ1) is 68.5. The van der Waals surface area contributed by atoms with Gasteiger partial charge in [0.25, 0.3) is 40.5 Å². The topological polar surface area (TPSA) is 233 Å². The van der Waals surface area contributed by atoms with Crippen LogP contribution < -0.4 is 128 Å². The van der Waals surface area contributed by atoms with Gasteiger partial charge in [-0.3, -0.25) is 18.2 Å². The third-order valence-electron chi connectivity index (χ3n) is 12.9. The zero-order chi connectivity index (χ0) is 50.9. The Bertz CT molecular complexity index is 3160. The van der Waals surface area contributed by atoms with E-state index >= 15 is 8.78 Å². The molecule has 0 atom stereocenters. The van der Waals surface area contributed by atoms with Gasteiger partial charge in [0.1, 0.15) is 12.4 Å². The number of fused-ring (bicyclic) bond motifs is 2. The number of ether oxygens (including phenoxy) is 1. The monoisotopic (exact) mass is 1130 g/mol. The second kappa shape index (κ2) is 27.5. The molecule has 0 saturated carbocycles. The van der Waals surface area contributed by atoms with Crippen molar-refractivity contribution in [3.05, 3.63) is 118 Å². The third-order valence-corrected chi connectivity index (χ3v) is 16.2. The summed E-state index contributed by atoms with van der Waals surface area (Å²) in [6.07, 6.45) is 10.5. The zero-order valence-corrected chi connectivity index (χ0v) is 54.3. The van der Waals surface area contributed by atoms with Crippen LogP contribution in [-0.4, -0.2) is 93.4 Å². The fraction of sp³-hybridized carbons (Fsp3) is 0.438. The summed E-state index contributed by atoms with van der Waals surface area (Å²) in [5.41, 5.74) is 2.62. The molecule has 15 nitrogen and oxygen atoms in total. The van der Waals surface area contributed by atoms with Crippen molar-refractivity contribution in [3.8, 4) is 5.75 Å². The normalized spacial score (nSPS) is 17.5. The minimum atomic E-state index is -4.61. The van der Waals surface area contributed by atoms with E-state index in [0.29, 0.717) is 83.6 Å². The molecule has 3 aliphatic rings. The molecule has 3 aromatic carbocycles. The number of hydrogen-bond acceptors (Lipinski definition) is 10. The Labute approximate surface area is 517 Å². The van der Waals surface area contributed by atoms with E-state index in [0.717, 1.165) is 12.5 Å². The maximum atomic E-state index is 16.9. The molecule has 0 saturated heterocycles. The van der Waals surface area contributed by atoms with Gasteiger partial charge in [-0.25, -0.2) is 8.78 Å². The Morgan fingerprint density at radius 2 is 1.29 bits per heavy atom. The van der Waals surface area contributed by atoms with Gasteiger partial charge in [-0.1, -0.05) is 39.3 Å². The van der Waals surface area contributed by atoms with Crippen LogP contribution in [0, 0.1) is 11.6 Å². The van der Waals surface area contributed by atoms with Crippen LogP contribution in [0.3, 0.4) is 0 Å². The van der Waals surface area contributed by atoms with Crippen molar-refractivity contribution in [1.29, 1.82) is 0 Å². The number of halogens is 2. The van der Waals surface area contributed by atoms with E-state index in [4.69, 9.17) is 4.74 Å². The largest absolute Gasteiger partial charge is 1.00 e. The first-order valence-electron chi connectivity index (χ1n) is 22.6. The predicted octanol–water partition coefficient (Wildman–Crippen LogP) is -2.83. The van der Waals surface area contributed by atoms with Gasteiger partial charge in [-0.2, -0.15) is 38.2 Å². The number of rotatable bonds is 20. The first-order valence-corrected chi connectivity index (χ1v) is 28.7. The summed E-state index contributed by atoms with van der Waals surface area (Å²) < 4.78 is 175. The van der Waals surface area contributed by atoms with Gasteiger partial charge in [-0.15, -0.1) is 0 Å². The number of allylic oxidation sites excluding steroid dienone is 8. The Morgan fingerprint density at radius 3 is 1.88 bits per heavy atom. The van der Waals surface area contributed by atoms with Crippen molar-refractivity contribution in [1.82, 2.24) is 0 Å². The molecule has 3 aromatic rings. The molecule has 0 amide bonds. The van der Waals surface area contributed by atoms with Gasteiger partial charge in [0, 0.05) is 47.5 Å². The standard InChI is InChI=1S/C48H58F2N2O13S4.4Na/c1-6-7-27-65-41-22-19-38(49)45(46(41)50)44-32(15-23-42-47(2,3)36-30-34(68(59,60)61)17-20-39(36)51(42)25-8-10-28-66(53,54)55)13-12-14-33(44)16-24-43-48(4,5)37-31-35(69(62,63)64)18-21-40(37)52(43)26-9-11-29-67(56,57)58;;;;/h15-24,30-31H,6-14,25-29H2,1-5H3,(H3-,53,54,55,56,57,58,59,60,61,62,63,64);;;;/q;4*+1/p+1. The number of benzene rings is 3. The van der Waals surface area contributed by atoms with E-state index in [2.05, 4.69) is 0 Å². The van der Waals surface area contributed by atoms with Crippen molar-refractivity contribution >= 4 is 63.1 Å². The Balaban J connectivity index is 0.00000456. The average Bonchev–Trinajstić information content (AvgIpc) is 3.59. The second-order valence-corrected chi connectivity index (χ2v) is 24.5. The van der Waals surface area contributed by atoms with E-state index in [9.17, 15) is 51.9 Å². The van der Waals surface area contributed by atoms with Crippen molar-refractivity contribution < 1.29 is 188 Å². The number of anilines is 1. The van der Waals surface area contributed by atoms with Gasteiger partial charge in [-0.05, 0) is 130 Å². The van der Waals surface area contributed by atoms with E-state index < -0.39 is 74.4 Å². The predicted molar refractivity (Wildman–Crippen MR) is 260 cm³/mol. The van der Waals surface area contributed by atoms with E-state index in [-0.39, 0.29) is 177 Å². The van der Waals surface area contributed by atoms with Crippen LogP contribution in [0.4, 0.5) is 20.2 Å². The van der Waals surface area contributed by atoms with Crippen LogP contribution in [0.5, 0.6) is 5.75 Å². The fourth-order valence-electron chi connectivity index (χ4n) is 9.36. The fourth-order valence-corrected chi connectivity index (χ4v) is 11.5. The van der Waals surface area contributed by atoms with Crippen LogP contribution >= 0.6 is 0 Å². The molecular formula is C48H59F2N2Na4O13S4+5. The maximum absolute atomic E-state index is 16.9. The van der Waals surface area contributed by atoms with Crippen LogP contribution in [0.2, 0.25) is 0 Å². The SMILES string of the molecule is CCCCOc1ccc(F)c(C2=C(/C=C/C3=[N+](CCCCS(=O)(=O)O)c4ccc(S(=O)(=O)O)cc4C3(C)C)CCC/C2=C\C=C2\N(CCCCS(=O)(=O)O)c3ccc(S(=O)(=O)O)cc3C2(C)C)c1F.[Na+].[Na+].[Na+].[Na+]. The molecule has 0 bridgehead atoms.